The summed E-state index contributed by atoms with van der Waals surface area (Å²) in [6.07, 6.45) is 2.81. The van der Waals surface area contributed by atoms with E-state index in [1.165, 1.54) is 16.7 Å². The van der Waals surface area contributed by atoms with Crippen molar-refractivity contribution in [2.24, 2.45) is 0 Å². The molecule has 1 aliphatic rings. The molecule has 1 fully saturated rings. The molecule has 1 heterocycles. The van der Waals surface area contributed by atoms with Crippen LogP contribution in [0.1, 0.15) is 19.3 Å². The summed E-state index contributed by atoms with van der Waals surface area (Å²) in [5.41, 5.74) is 0.788. The van der Waals surface area contributed by atoms with Crippen molar-refractivity contribution < 1.29 is 14.3 Å². The van der Waals surface area contributed by atoms with Crippen molar-refractivity contribution in [2.45, 2.75) is 37.0 Å². The van der Waals surface area contributed by atoms with Gasteiger partial charge in [-0.05, 0) is 31.4 Å². The molecule has 162 valence electrons. The van der Waals surface area contributed by atoms with Gasteiger partial charge in [-0.15, -0.1) is 10.2 Å². The number of methoxy groups -OCH3 is 1. The van der Waals surface area contributed by atoms with E-state index in [1.807, 2.05) is 28.8 Å². The average Bonchev–Trinajstić information content (AvgIpc) is 3.44. The lowest BCUT2D eigenvalue weighted by Gasteiger charge is -2.16. The van der Waals surface area contributed by atoms with Crippen LogP contribution in [0.25, 0.3) is 11.4 Å². The van der Waals surface area contributed by atoms with Crippen molar-refractivity contribution in [2.75, 3.05) is 33.1 Å². The smallest absolute Gasteiger partial charge is 0.239 e. The number of amides is 2. The number of hydrogen-bond acceptors (Lipinski definition) is 6. The molecule has 2 aromatic rings. The highest BCUT2D eigenvalue weighted by atomic mass is 35.5. The minimum absolute atomic E-state index is 0.0568. The first-order chi connectivity index (χ1) is 14.5. The molecule has 0 atom stereocenters. The Labute approximate surface area is 185 Å². The number of aromatic nitrogens is 3. The van der Waals surface area contributed by atoms with Crippen molar-refractivity contribution in [1.29, 1.82) is 0 Å². The third-order valence-corrected chi connectivity index (χ3v) is 5.92. The minimum atomic E-state index is -0.142. The van der Waals surface area contributed by atoms with Crippen LogP contribution >= 0.6 is 23.4 Å². The van der Waals surface area contributed by atoms with Gasteiger partial charge < -0.3 is 19.5 Å². The summed E-state index contributed by atoms with van der Waals surface area (Å²) in [7, 11) is 3.29. The maximum Gasteiger partial charge on any atom is 0.239 e. The number of thioether (sulfide) groups is 1. The number of benzene rings is 1. The zero-order valence-corrected chi connectivity index (χ0v) is 18.7. The van der Waals surface area contributed by atoms with E-state index in [0.717, 1.165) is 24.8 Å². The molecule has 0 bridgehead atoms. The number of likely N-dealkylation sites (N-methyl/N-ethyl adjacent to an activating group) is 1. The van der Waals surface area contributed by atoms with E-state index in [-0.39, 0.29) is 30.2 Å². The normalized spacial score (nSPS) is 13.3. The molecular formula is C20H26ClN5O3S. The number of carbonyl (C=O) groups excluding carboxylic acids is 2. The summed E-state index contributed by atoms with van der Waals surface area (Å²) in [6, 6.07) is 7.74. The Hall–Kier alpha value is -2.10. The fourth-order valence-electron chi connectivity index (χ4n) is 2.85. The molecule has 1 aliphatic carbocycles. The zero-order chi connectivity index (χ0) is 21.5. The van der Waals surface area contributed by atoms with E-state index in [2.05, 4.69) is 15.5 Å². The molecule has 10 heteroatoms. The Kier molecular flexibility index (Phi) is 8.12. The van der Waals surface area contributed by atoms with E-state index in [0.29, 0.717) is 29.2 Å². The number of carbonyl (C=O) groups is 2. The molecule has 0 unspecified atom stereocenters. The maximum absolute atomic E-state index is 12.5. The number of hydrogen-bond donors (Lipinski definition) is 1. The summed E-state index contributed by atoms with van der Waals surface area (Å²) in [6.45, 7) is 1.29. The van der Waals surface area contributed by atoms with E-state index < -0.39 is 0 Å². The fourth-order valence-corrected chi connectivity index (χ4v) is 3.97. The molecule has 0 spiro atoms. The van der Waals surface area contributed by atoms with Crippen LogP contribution < -0.4 is 5.32 Å². The quantitative estimate of drug-likeness (QED) is 0.417. The first kappa shape index (κ1) is 22.6. The predicted octanol–water partition coefficient (Wildman–Crippen LogP) is 2.46. The summed E-state index contributed by atoms with van der Waals surface area (Å²) in [5, 5.41) is 12.7. The van der Waals surface area contributed by atoms with Gasteiger partial charge in [0.1, 0.15) is 0 Å². The van der Waals surface area contributed by atoms with E-state index >= 15 is 0 Å². The van der Waals surface area contributed by atoms with Gasteiger partial charge in [0.15, 0.2) is 11.0 Å². The Bertz CT molecular complexity index is 887. The van der Waals surface area contributed by atoms with Gasteiger partial charge in [-0.1, -0.05) is 35.5 Å². The first-order valence-electron chi connectivity index (χ1n) is 9.82. The lowest BCUT2D eigenvalue weighted by Crippen LogP contribution is -2.39. The number of nitrogens with zero attached hydrogens (tertiary/aromatic N) is 4. The topological polar surface area (TPSA) is 89.4 Å². The molecule has 3 rings (SSSR count). The lowest BCUT2D eigenvalue weighted by atomic mass is 10.2. The highest BCUT2D eigenvalue weighted by molar-refractivity contribution is 7.99. The van der Waals surface area contributed by atoms with Crippen molar-refractivity contribution >= 4 is 35.2 Å². The van der Waals surface area contributed by atoms with Crippen LogP contribution in [-0.2, 0) is 20.9 Å². The average molecular weight is 452 g/mol. The fraction of sp³-hybridized carbons (Fsp3) is 0.500. The minimum Gasteiger partial charge on any atom is -0.385 e. The predicted molar refractivity (Wildman–Crippen MR) is 116 cm³/mol. The van der Waals surface area contributed by atoms with Gasteiger partial charge >= 0.3 is 0 Å². The summed E-state index contributed by atoms with van der Waals surface area (Å²) >= 11 is 7.65. The molecule has 1 saturated carbocycles. The van der Waals surface area contributed by atoms with E-state index in [9.17, 15) is 9.59 Å². The van der Waals surface area contributed by atoms with Crippen molar-refractivity contribution in [3.05, 3.63) is 29.3 Å². The second-order valence-electron chi connectivity index (χ2n) is 7.16. The Morgan fingerprint density at radius 3 is 2.80 bits per heavy atom. The summed E-state index contributed by atoms with van der Waals surface area (Å²) in [5.74, 6) is 0.556. The summed E-state index contributed by atoms with van der Waals surface area (Å²) in [4.78, 5) is 25.8. The molecular weight excluding hydrogens is 426 g/mol. The highest BCUT2D eigenvalue weighted by Crippen LogP contribution is 2.29. The molecule has 0 aliphatic heterocycles. The van der Waals surface area contributed by atoms with Crippen molar-refractivity contribution in [3.8, 4) is 11.4 Å². The largest absolute Gasteiger partial charge is 0.385 e. The van der Waals surface area contributed by atoms with Gasteiger partial charge in [-0.25, -0.2) is 0 Å². The van der Waals surface area contributed by atoms with Crippen LogP contribution in [-0.4, -0.2) is 70.6 Å². The molecule has 30 heavy (non-hydrogen) atoms. The molecule has 0 radical (unpaired) electrons. The zero-order valence-electron chi connectivity index (χ0n) is 17.1. The standard InChI is InChI=1S/C20H26ClN5O3S/c1-25(12-17(27)22-14-8-9-14)18(28)13-30-20-24-23-19(26(20)10-5-11-29-2)15-6-3-4-7-16(15)21/h3-4,6-7,14H,5,8-13H2,1-2H3,(H,22,27). The maximum atomic E-state index is 12.5. The van der Waals surface area contributed by atoms with Gasteiger partial charge in [0.05, 0.1) is 17.3 Å². The van der Waals surface area contributed by atoms with Crippen LogP contribution in [0.5, 0.6) is 0 Å². The Morgan fingerprint density at radius 1 is 1.33 bits per heavy atom. The Morgan fingerprint density at radius 2 is 2.10 bits per heavy atom. The van der Waals surface area contributed by atoms with Crippen LogP contribution in [0.15, 0.2) is 29.4 Å². The Balaban J connectivity index is 1.66. The molecule has 1 N–H and O–H groups in total. The third kappa shape index (κ3) is 6.20. The van der Waals surface area contributed by atoms with Crippen molar-refractivity contribution in [1.82, 2.24) is 25.0 Å². The van der Waals surface area contributed by atoms with Crippen LogP contribution in [0.4, 0.5) is 0 Å². The number of nitrogens with one attached hydrogen (secondary N) is 1. The molecule has 8 nitrogen and oxygen atoms in total. The van der Waals surface area contributed by atoms with E-state index in [4.69, 9.17) is 16.3 Å². The second kappa shape index (κ2) is 10.8. The molecule has 1 aromatic carbocycles. The second-order valence-corrected chi connectivity index (χ2v) is 8.51. The summed E-state index contributed by atoms with van der Waals surface area (Å²) < 4.78 is 7.12. The van der Waals surface area contributed by atoms with Gasteiger partial charge in [0.2, 0.25) is 11.8 Å². The van der Waals surface area contributed by atoms with Gasteiger partial charge in [0, 0.05) is 38.9 Å². The number of rotatable bonds is 11. The highest BCUT2D eigenvalue weighted by Gasteiger charge is 2.24. The molecule has 0 saturated heterocycles. The van der Waals surface area contributed by atoms with Gasteiger partial charge in [0.25, 0.3) is 0 Å². The van der Waals surface area contributed by atoms with Crippen LogP contribution in [0.3, 0.4) is 0 Å². The van der Waals surface area contributed by atoms with Crippen LogP contribution in [0.2, 0.25) is 5.02 Å². The number of halogens is 1. The third-order valence-electron chi connectivity index (χ3n) is 4.64. The SMILES string of the molecule is COCCCn1c(SCC(=O)N(C)CC(=O)NC2CC2)nnc1-c1ccccc1Cl. The number of ether oxygens (including phenoxy) is 1. The first-order valence-corrected chi connectivity index (χ1v) is 11.2. The molecule has 2 amide bonds. The van der Waals surface area contributed by atoms with Gasteiger partial charge in [-0.2, -0.15) is 0 Å². The lowest BCUT2D eigenvalue weighted by molar-refractivity contribution is -0.132. The van der Waals surface area contributed by atoms with Crippen LogP contribution in [0, 0.1) is 0 Å². The molecule has 1 aromatic heterocycles. The van der Waals surface area contributed by atoms with E-state index in [1.54, 1.807) is 14.2 Å². The van der Waals surface area contributed by atoms with Crippen molar-refractivity contribution in [3.63, 3.8) is 0 Å². The monoisotopic (exact) mass is 451 g/mol. The van der Waals surface area contributed by atoms with Gasteiger partial charge in [-0.3, -0.25) is 9.59 Å².